The summed E-state index contributed by atoms with van der Waals surface area (Å²) in [5.74, 6) is 0. The Balaban J connectivity index is 1.82. The smallest absolute Gasteiger partial charge is 0.0588 e. The number of halogens is 1. The number of aryl methyl sites for hydroxylation is 2. The molecular weight excluding hydrogens is 248 g/mol. The summed E-state index contributed by atoms with van der Waals surface area (Å²) in [6.45, 7) is 2.89. The standard InChI is InChI=1S/C13H17ClN4/c1-9-10(8-17-18-9)3-2-6-16-13-7-11(14)4-5-12(13)15/h4-5,7-8,16H,2-3,6,15H2,1H3,(H,17,18). The molecule has 1 heterocycles. The van der Waals surface area contributed by atoms with Gasteiger partial charge in [0, 0.05) is 17.3 Å². The zero-order chi connectivity index (χ0) is 13.0. The van der Waals surface area contributed by atoms with Gasteiger partial charge in [-0.3, -0.25) is 5.10 Å². The Hall–Kier alpha value is -1.68. The molecule has 0 atom stereocenters. The van der Waals surface area contributed by atoms with E-state index in [0.717, 1.165) is 36.5 Å². The molecule has 0 bridgehead atoms. The topological polar surface area (TPSA) is 66.7 Å². The predicted octanol–water partition coefficient (Wildman–Crippen LogP) is 3.00. The Bertz CT molecular complexity index is 521. The molecule has 96 valence electrons. The van der Waals surface area contributed by atoms with Gasteiger partial charge in [-0.1, -0.05) is 11.6 Å². The van der Waals surface area contributed by atoms with E-state index in [1.165, 1.54) is 5.56 Å². The second kappa shape index (κ2) is 5.78. The van der Waals surface area contributed by atoms with Gasteiger partial charge < -0.3 is 11.1 Å². The number of rotatable bonds is 5. The van der Waals surface area contributed by atoms with E-state index in [2.05, 4.69) is 15.5 Å². The van der Waals surface area contributed by atoms with E-state index in [1.54, 1.807) is 6.07 Å². The third kappa shape index (κ3) is 3.17. The molecule has 18 heavy (non-hydrogen) atoms. The summed E-state index contributed by atoms with van der Waals surface area (Å²) in [5, 5.41) is 10.9. The third-order valence-corrected chi connectivity index (χ3v) is 3.12. The van der Waals surface area contributed by atoms with Gasteiger partial charge in [-0.15, -0.1) is 0 Å². The average Bonchev–Trinajstić information content (AvgIpc) is 2.75. The molecule has 0 aliphatic carbocycles. The van der Waals surface area contributed by atoms with E-state index in [9.17, 15) is 0 Å². The quantitative estimate of drug-likeness (QED) is 0.574. The number of benzene rings is 1. The number of nitrogen functional groups attached to an aromatic ring is 1. The van der Waals surface area contributed by atoms with Gasteiger partial charge in [0.25, 0.3) is 0 Å². The van der Waals surface area contributed by atoms with Crippen molar-refractivity contribution in [1.29, 1.82) is 0 Å². The monoisotopic (exact) mass is 264 g/mol. The number of H-pyrrole nitrogens is 1. The summed E-state index contributed by atoms with van der Waals surface area (Å²) in [7, 11) is 0. The Labute approximate surface area is 112 Å². The molecule has 2 rings (SSSR count). The lowest BCUT2D eigenvalue weighted by molar-refractivity contribution is 0.857. The van der Waals surface area contributed by atoms with Gasteiger partial charge in [-0.25, -0.2) is 0 Å². The van der Waals surface area contributed by atoms with Crippen molar-refractivity contribution < 1.29 is 0 Å². The van der Waals surface area contributed by atoms with E-state index in [4.69, 9.17) is 17.3 Å². The van der Waals surface area contributed by atoms with Crippen LogP contribution in [-0.4, -0.2) is 16.7 Å². The number of aromatic nitrogens is 2. The summed E-state index contributed by atoms with van der Waals surface area (Å²) in [6, 6.07) is 5.45. The number of hydrogen-bond acceptors (Lipinski definition) is 3. The summed E-state index contributed by atoms with van der Waals surface area (Å²) < 4.78 is 0. The molecule has 5 heteroatoms. The average molecular weight is 265 g/mol. The second-order valence-electron chi connectivity index (χ2n) is 4.28. The van der Waals surface area contributed by atoms with Gasteiger partial charge in [-0.2, -0.15) is 5.10 Å². The van der Waals surface area contributed by atoms with Gasteiger partial charge in [0.2, 0.25) is 0 Å². The van der Waals surface area contributed by atoms with Crippen LogP contribution in [-0.2, 0) is 6.42 Å². The number of nitrogens with one attached hydrogen (secondary N) is 2. The van der Waals surface area contributed by atoms with Crippen LogP contribution >= 0.6 is 11.6 Å². The summed E-state index contributed by atoms with van der Waals surface area (Å²) in [5.41, 5.74) is 9.87. The highest BCUT2D eigenvalue weighted by Crippen LogP contribution is 2.22. The molecule has 0 radical (unpaired) electrons. The van der Waals surface area contributed by atoms with Gasteiger partial charge in [0.15, 0.2) is 0 Å². The van der Waals surface area contributed by atoms with Crippen molar-refractivity contribution in [2.75, 3.05) is 17.6 Å². The fourth-order valence-electron chi connectivity index (χ4n) is 1.81. The molecule has 0 unspecified atom stereocenters. The zero-order valence-corrected chi connectivity index (χ0v) is 11.1. The van der Waals surface area contributed by atoms with Gasteiger partial charge in [-0.05, 0) is 43.5 Å². The highest BCUT2D eigenvalue weighted by atomic mass is 35.5. The highest BCUT2D eigenvalue weighted by molar-refractivity contribution is 6.31. The second-order valence-corrected chi connectivity index (χ2v) is 4.72. The van der Waals surface area contributed by atoms with Gasteiger partial charge >= 0.3 is 0 Å². The number of nitrogens with zero attached hydrogens (tertiary/aromatic N) is 1. The van der Waals surface area contributed by atoms with Crippen LogP contribution in [0, 0.1) is 6.92 Å². The normalized spacial score (nSPS) is 10.6. The first kappa shape index (κ1) is 12.8. The van der Waals surface area contributed by atoms with E-state index in [1.807, 2.05) is 25.3 Å². The largest absolute Gasteiger partial charge is 0.397 e. The van der Waals surface area contributed by atoms with Gasteiger partial charge in [0.05, 0.1) is 17.6 Å². The number of hydrogen-bond donors (Lipinski definition) is 3. The molecule has 1 aromatic heterocycles. The van der Waals surface area contributed by atoms with Gasteiger partial charge in [0.1, 0.15) is 0 Å². The lowest BCUT2D eigenvalue weighted by Crippen LogP contribution is -2.05. The van der Waals surface area contributed by atoms with Crippen LogP contribution < -0.4 is 11.1 Å². The number of aromatic amines is 1. The van der Waals surface area contributed by atoms with Crippen LogP contribution in [0.4, 0.5) is 11.4 Å². The summed E-state index contributed by atoms with van der Waals surface area (Å²) in [4.78, 5) is 0. The molecule has 0 aliphatic heterocycles. The Morgan fingerprint density at radius 1 is 1.44 bits per heavy atom. The van der Waals surface area contributed by atoms with Crippen molar-refractivity contribution in [2.24, 2.45) is 0 Å². The number of anilines is 2. The third-order valence-electron chi connectivity index (χ3n) is 2.89. The highest BCUT2D eigenvalue weighted by Gasteiger charge is 2.01. The maximum Gasteiger partial charge on any atom is 0.0588 e. The lowest BCUT2D eigenvalue weighted by Gasteiger charge is -2.09. The molecule has 0 fully saturated rings. The maximum absolute atomic E-state index is 5.92. The minimum absolute atomic E-state index is 0.692. The molecule has 0 saturated heterocycles. The van der Waals surface area contributed by atoms with E-state index >= 15 is 0 Å². The van der Waals surface area contributed by atoms with E-state index < -0.39 is 0 Å². The fourth-order valence-corrected chi connectivity index (χ4v) is 1.98. The van der Waals surface area contributed by atoms with Crippen molar-refractivity contribution in [3.63, 3.8) is 0 Å². The van der Waals surface area contributed by atoms with Crippen LogP contribution in [0.5, 0.6) is 0 Å². The first-order valence-corrected chi connectivity index (χ1v) is 6.32. The molecule has 0 aliphatic rings. The Morgan fingerprint density at radius 3 is 3.00 bits per heavy atom. The molecular formula is C13H17ClN4. The first-order valence-electron chi connectivity index (χ1n) is 5.94. The summed E-state index contributed by atoms with van der Waals surface area (Å²) >= 11 is 5.92. The Kier molecular flexibility index (Phi) is 4.10. The molecule has 0 amide bonds. The summed E-state index contributed by atoms with van der Waals surface area (Å²) in [6.07, 6.45) is 3.89. The molecule has 4 N–H and O–H groups in total. The van der Waals surface area contributed by atoms with Crippen molar-refractivity contribution in [2.45, 2.75) is 19.8 Å². The van der Waals surface area contributed by atoms with Crippen molar-refractivity contribution in [1.82, 2.24) is 10.2 Å². The minimum atomic E-state index is 0.692. The SMILES string of the molecule is Cc1[nH]ncc1CCCNc1cc(Cl)ccc1N. The van der Waals surface area contributed by atoms with Crippen LogP contribution in [0.1, 0.15) is 17.7 Å². The predicted molar refractivity (Wildman–Crippen MR) is 76.0 cm³/mol. The van der Waals surface area contributed by atoms with Crippen LogP contribution in [0.15, 0.2) is 24.4 Å². The molecule has 0 saturated carbocycles. The maximum atomic E-state index is 5.92. The lowest BCUT2D eigenvalue weighted by atomic mass is 10.1. The Morgan fingerprint density at radius 2 is 2.28 bits per heavy atom. The first-order chi connectivity index (χ1) is 8.66. The fraction of sp³-hybridized carbons (Fsp3) is 0.308. The zero-order valence-electron chi connectivity index (χ0n) is 10.3. The number of nitrogens with two attached hydrogens (primary N) is 1. The van der Waals surface area contributed by atoms with Crippen molar-refractivity contribution in [3.8, 4) is 0 Å². The molecule has 0 spiro atoms. The van der Waals surface area contributed by atoms with Crippen LogP contribution in [0.3, 0.4) is 0 Å². The molecule has 4 nitrogen and oxygen atoms in total. The van der Waals surface area contributed by atoms with Crippen LogP contribution in [0.25, 0.3) is 0 Å². The molecule has 2 aromatic rings. The van der Waals surface area contributed by atoms with E-state index in [-0.39, 0.29) is 0 Å². The van der Waals surface area contributed by atoms with Crippen LogP contribution in [0.2, 0.25) is 5.02 Å². The van der Waals surface area contributed by atoms with Crippen molar-refractivity contribution >= 4 is 23.0 Å². The minimum Gasteiger partial charge on any atom is -0.397 e. The van der Waals surface area contributed by atoms with E-state index in [0.29, 0.717) is 5.02 Å². The molecule has 1 aromatic carbocycles. The van der Waals surface area contributed by atoms with Crippen molar-refractivity contribution in [3.05, 3.63) is 40.7 Å².